The van der Waals surface area contributed by atoms with Crippen molar-refractivity contribution in [1.82, 2.24) is 19.7 Å². The van der Waals surface area contributed by atoms with Gasteiger partial charge in [-0.25, -0.2) is 9.67 Å². The first kappa shape index (κ1) is 21.0. The highest BCUT2D eigenvalue weighted by atomic mass is 19.3. The van der Waals surface area contributed by atoms with Gasteiger partial charge in [0.05, 0.1) is 24.9 Å². The van der Waals surface area contributed by atoms with Crippen LogP contribution in [0, 0.1) is 0 Å². The molecule has 170 valence electrons. The lowest BCUT2D eigenvalue weighted by atomic mass is 10.1. The molecule has 32 heavy (non-hydrogen) atoms. The molecule has 8 nitrogen and oxygen atoms in total. The van der Waals surface area contributed by atoms with Crippen molar-refractivity contribution >= 4 is 16.7 Å². The van der Waals surface area contributed by atoms with Gasteiger partial charge >= 0.3 is 6.61 Å². The number of fused-ring (bicyclic) bond motifs is 1. The van der Waals surface area contributed by atoms with Crippen LogP contribution in [0.4, 0.5) is 14.6 Å². The summed E-state index contributed by atoms with van der Waals surface area (Å²) in [6, 6.07) is 5.11. The fourth-order valence-corrected chi connectivity index (χ4v) is 4.35. The van der Waals surface area contributed by atoms with Gasteiger partial charge in [0.2, 0.25) is 0 Å². The zero-order chi connectivity index (χ0) is 22.1. The van der Waals surface area contributed by atoms with E-state index in [0.29, 0.717) is 48.8 Å². The predicted molar refractivity (Wildman–Crippen MR) is 114 cm³/mol. The molecule has 0 aliphatic carbocycles. The zero-order valence-corrected chi connectivity index (χ0v) is 17.8. The first-order chi connectivity index (χ1) is 15.6. The molecule has 3 aromatic rings. The van der Waals surface area contributed by atoms with Gasteiger partial charge in [-0.1, -0.05) is 0 Å². The fourth-order valence-electron chi connectivity index (χ4n) is 4.35. The number of ether oxygens (including phenoxy) is 3. The van der Waals surface area contributed by atoms with E-state index in [1.165, 1.54) is 0 Å². The van der Waals surface area contributed by atoms with E-state index in [2.05, 4.69) is 10.1 Å². The summed E-state index contributed by atoms with van der Waals surface area (Å²) in [4.78, 5) is 11.5. The Morgan fingerprint density at radius 3 is 2.88 bits per heavy atom. The molecule has 0 saturated carbocycles. The Hall–Kier alpha value is -2.85. The molecule has 2 unspecified atom stereocenters. The molecule has 2 saturated heterocycles. The second kappa shape index (κ2) is 8.95. The first-order valence-electron chi connectivity index (χ1n) is 10.9. The van der Waals surface area contributed by atoms with Crippen molar-refractivity contribution in [3.05, 3.63) is 30.6 Å². The Bertz CT molecular complexity index is 1090. The highest BCUT2D eigenvalue weighted by Gasteiger charge is 2.26. The lowest BCUT2D eigenvalue weighted by Gasteiger charge is -2.34. The Labute approximate surface area is 184 Å². The molecule has 5 rings (SSSR count). The van der Waals surface area contributed by atoms with E-state index in [9.17, 15) is 8.78 Å². The minimum atomic E-state index is -2.95. The molecule has 2 aliphatic heterocycles. The van der Waals surface area contributed by atoms with Gasteiger partial charge in [-0.05, 0) is 38.3 Å². The quantitative estimate of drug-likeness (QED) is 0.587. The minimum absolute atomic E-state index is 0.0504. The number of pyridine rings is 2. The molecule has 2 fully saturated rings. The van der Waals surface area contributed by atoms with Gasteiger partial charge in [0.15, 0.2) is 6.23 Å². The summed E-state index contributed by atoms with van der Waals surface area (Å²) in [5.41, 5.74) is 1.76. The molecule has 0 spiro atoms. The number of morpholine rings is 1. The minimum Gasteiger partial charge on any atom is -0.434 e. The summed E-state index contributed by atoms with van der Waals surface area (Å²) >= 11 is 0. The SMILES string of the molecule is CC1COCCN1c1cc(OC(F)F)c2ccnc(-c3ccnn3C3CCCCO3)c2n1. The van der Waals surface area contributed by atoms with Crippen LogP contribution < -0.4 is 9.64 Å². The molecule has 0 amide bonds. The molecule has 2 atom stereocenters. The van der Waals surface area contributed by atoms with Gasteiger partial charge in [0.1, 0.15) is 22.8 Å². The van der Waals surface area contributed by atoms with Crippen LogP contribution in [0.1, 0.15) is 32.4 Å². The lowest BCUT2D eigenvalue weighted by Crippen LogP contribution is -2.44. The van der Waals surface area contributed by atoms with Crippen LogP contribution in [-0.2, 0) is 9.47 Å². The second-order valence-corrected chi connectivity index (χ2v) is 8.01. The third-order valence-electron chi connectivity index (χ3n) is 5.90. The van der Waals surface area contributed by atoms with Crippen LogP contribution in [0.5, 0.6) is 5.75 Å². The Morgan fingerprint density at radius 1 is 1.19 bits per heavy atom. The Kier molecular flexibility index (Phi) is 5.88. The molecule has 0 bridgehead atoms. The summed E-state index contributed by atoms with van der Waals surface area (Å²) in [5.74, 6) is 0.625. The summed E-state index contributed by atoms with van der Waals surface area (Å²) in [6.45, 7) is 1.43. The topological polar surface area (TPSA) is 74.5 Å². The smallest absolute Gasteiger partial charge is 0.387 e. The van der Waals surface area contributed by atoms with Crippen molar-refractivity contribution in [1.29, 1.82) is 0 Å². The van der Waals surface area contributed by atoms with Crippen molar-refractivity contribution < 1.29 is 23.0 Å². The van der Waals surface area contributed by atoms with Crippen LogP contribution in [0.2, 0.25) is 0 Å². The van der Waals surface area contributed by atoms with Crippen molar-refractivity contribution in [3.8, 4) is 17.1 Å². The Morgan fingerprint density at radius 2 is 2.09 bits per heavy atom. The van der Waals surface area contributed by atoms with Gasteiger partial charge in [-0.3, -0.25) is 4.98 Å². The van der Waals surface area contributed by atoms with Crippen LogP contribution in [0.25, 0.3) is 22.3 Å². The number of aromatic nitrogens is 4. The molecule has 3 aromatic heterocycles. The molecule has 5 heterocycles. The first-order valence-corrected chi connectivity index (χ1v) is 10.9. The van der Waals surface area contributed by atoms with Crippen LogP contribution >= 0.6 is 0 Å². The molecule has 0 aromatic carbocycles. The standard InChI is InChI=1S/C22H25F2N5O3/c1-14-13-30-11-9-28(14)18-12-17(32-22(23)24)15-5-7-25-21(20(15)27-18)16-6-8-26-29(16)19-4-2-3-10-31-19/h5-8,12,14,19,22H,2-4,9-11,13H2,1H3. The number of hydrogen-bond donors (Lipinski definition) is 0. The van der Waals surface area contributed by atoms with Gasteiger partial charge in [0, 0.05) is 37.0 Å². The number of alkyl halides is 2. The van der Waals surface area contributed by atoms with Crippen molar-refractivity contribution in [2.45, 2.75) is 45.1 Å². The third-order valence-corrected chi connectivity index (χ3v) is 5.90. The molecule has 0 N–H and O–H groups in total. The summed E-state index contributed by atoms with van der Waals surface area (Å²) in [7, 11) is 0. The van der Waals surface area contributed by atoms with Crippen molar-refractivity contribution in [2.24, 2.45) is 0 Å². The van der Waals surface area contributed by atoms with Crippen molar-refractivity contribution in [3.63, 3.8) is 0 Å². The summed E-state index contributed by atoms with van der Waals surface area (Å²) in [5, 5.41) is 4.93. The largest absolute Gasteiger partial charge is 0.434 e. The van der Waals surface area contributed by atoms with Crippen LogP contribution in [0.3, 0.4) is 0 Å². The average molecular weight is 445 g/mol. The zero-order valence-electron chi connectivity index (χ0n) is 17.8. The van der Waals surface area contributed by atoms with E-state index in [4.69, 9.17) is 19.2 Å². The van der Waals surface area contributed by atoms with Gasteiger partial charge in [-0.15, -0.1) is 0 Å². The van der Waals surface area contributed by atoms with Crippen LogP contribution in [-0.4, -0.2) is 58.8 Å². The predicted octanol–water partition coefficient (Wildman–Crippen LogP) is 4.02. The fraction of sp³-hybridized carbons (Fsp3) is 0.500. The highest BCUT2D eigenvalue weighted by Crippen LogP contribution is 2.36. The molecule has 2 aliphatic rings. The maximum Gasteiger partial charge on any atom is 0.387 e. The monoisotopic (exact) mass is 445 g/mol. The van der Waals surface area contributed by atoms with Crippen LogP contribution in [0.15, 0.2) is 30.6 Å². The maximum atomic E-state index is 13.3. The van der Waals surface area contributed by atoms with Gasteiger partial charge in [0.25, 0.3) is 0 Å². The van der Waals surface area contributed by atoms with Gasteiger partial charge in [-0.2, -0.15) is 13.9 Å². The lowest BCUT2D eigenvalue weighted by molar-refractivity contribution is -0.0488. The summed E-state index contributed by atoms with van der Waals surface area (Å²) < 4.78 is 44.7. The van der Waals surface area contributed by atoms with Gasteiger partial charge < -0.3 is 19.1 Å². The normalized spacial score (nSPS) is 21.9. The number of rotatable bonds is 5. The van der Waals surface area contributed by atoms with E-state index in [-0.39, 0.29) is 18.0 Å². The molecular weight excluding hydrogens is 420 g/mol. The van der Waals surface area contributed by atoms with E-state index in [1.54, 1.807) is 29.2 Å². The molecule has 0 radical (unpaired) electrons. The van der Waals surface area contributed by atoms with Crippen molar-refractivity contribution in [2.75, 3.05) is 31.3 Å². The number of anilines is 1. The van der Waals surface area contributed by atoms with E-state index in [1.807, 2.05) is 17.9 Å². The van der Waals surface area contributed by atoms with E-state index < -0.39 is 6.61 Å². The Balaban J connectivity index is 1.66. The maximum absolute atomic E-state index is 13.3. The second-order valence-electron chi connectivity index (χ2n) is 8.01. The van der Waals surface area contributed by atoms with E-state index >= 15 is 0 Å². The number of halogens is 2. The summed E-state index contributed by atoms with van der Waals surface area (Å²) in [6.07, 6.45) is 6.01. The number of nitrogens with zero attached hydrogens (tertiary/aromatic N) is 5. The molecule has 10 heteroatoms. The average Bonchev–Trinajstić information content (AvgIpc) is 3.29. The highest BCUT2D eigenvalue weighted by molar-refractivity contribution is 5.95. The van der Waals surface area contributed by atoms with E-state index in [0.717, 1.165) is 25.0 Å². The number of hydrogen-bond acceptors (Lipinski definition) is 7. The third kappa shape index (κ3) is 4.00. The molecular formula is C22H25F2N5O3.